The lowest BCUT2D eigenvalue weighted by atomic mass is 10.2. The minimum Gasteiger partial charge on any atom is -0.372 e. The molecule has 0 spiro atoms. The van der Waals surface area contributed by atoms with E-state index in [1.807, 2.05) is 6.20 Å². The monoisotopic (exact) mass is 221 g/mol. The van der Waals surface area contributed by atoms with Crippen molar-refractivity contribution in [1.29, 1.82) is 0 Å². The van der Waals surface area contributed by atoms with Crippen LogP contribution in [0.4, 0.5) is 5.69 Å². The highest BCUT2D eigenvalue weighted by atomic mass is 15.1. The summed E-state index contributed by atoms with van der Waals surface area (Å²) in [6, 6.07) is 4.74. The molecule has 1 aromatic rings. The molecule has 1 aromatic heterocycles. The summed E-state index contributed by atoms with van der Waals surface area (Å²) in [5.41, 5.74) is 2.37. The molecule has 0 amide bonds. The molecule has 0 saturated carbocycles. The van der Waals surface area contributed by atoms with Gasteiger partial charge in [0, 0.05) is 37.6 Å². The van der Waals surface area contributed by atoms with Crippen LogP contribution in [0, 0.1) is 0 Å². The first-order valence-electron chi connectivity index (χ1n) is 6.10. The van der Waals surface area contributed by atoms with E-state index in [2.05, 4.69) is 55.0 Å². The maximum Gasteiger partial charge on any atom is 0.0562 e. The Morgan fingerprint density at radius 3 is 2.56 bits per heavy atom. The van der Waals surface area contributed by atoms with Gasteiger partial charge in [-0.1, -0.05) is 13.8 Å². The van der Waals surface area contributed by atoms with Crippen molar-refractivity contribution in [3.63, 3.8) is 0 Å². The summed E-state index contributed by atoms with van der Waals surface area (Å²) in [6.45, 7) is 11.6. The topological polar surface area (TPSA) is 28.2 Å². The zero-order valence-corrected chi connectivity index (χ0v) is 10.8. The van der Waals surface area contributed by atoms with E-state index in [0.29, 0.717) is 6.04 Å². The molecule has 16 heavy (non-hydrogen) atoms. The largest absolute Gasteiger partial charge is 0.372 e. The number of hydrogen-bond acceptors (Lipinski definition) is 3. The lowest BCUT2D eigenvalue weighted by Crippen LogP contribution is -2.24. The van der Waals surface area contributed by atoms with Crippen molar-refractivity contribution in [2.75, 3.05) is 18.0 Å². The van der Waals surface area contributed by atoms with Crippen LogP contribution in [0.25, 0.3) is 0 Å². The van der Waals surface area contributed by atoms with Gasteiger partial charge in [-0.2, -0.15) is 0 Å². The van der Waals surface area contributed by atoms with Crippen LogP contribution < -0.4 is 10.2 Å². The third-order valence-corrected chi connectivity index (χ3v) is 2.62. The Morgan fingerprint density at radius 1 is 1.31 bits per heavy atom. The van der Waals surface area contributed by atoms with Crippen molar-refractivity contribution in [3.05, 3.63) is 24.0 Å². The molecule has 0 aromatic carbocycles. The molecule has 0 radical (unpaired) electrons. The summed E-state index contributed by atoms with van der Waals surface area (Å²) in [5, 5.41) is 3.38. The van der Waals surface area contributed by atoms with Crippen LogP contribution in [0.5, 0.6) is 0 Å². The van der Waals surface area contributed by atoms with Crippen LogP contribution in [-0.2, 0) is 6.54 Å². The molecule has 3 heteroatoms. The quantitative estimate of drug-likeness (QED) is 0.799. The van der Waals surface area contributed by atoms with Crippen molar-refractivity contribution in [1.82, 2.24) is 10.3 Å². The predicted molar refractivity (Wildman–Crippen MR) is 69.8 cm³/mol. The zero-order chi connectivity index (χ0) is 12.0. The van der Waals surface area contributed by atoms with E-state index in [4.69, 9.17) is 0 Å². The van der Waals surface area contributed by atoms with Crippen LogP contribution in [-0.4, -0.2) is 24.1 Å². The summed E-state index contributed by atoms with van der Waals surface area (Å²) >= 11 is 0. The van der Waals surface area contributed by atoms with E-state index in [0.717, 1.165) is 25.3 Å². The predicted octanol–water partition coefficient (Wildman–Crippen LogP) is 2.43. The normalized spacial score (nSPS) is 10.8. The number of nitrogens with zero attached hydrogens (tertiary/aromatic N) is 2. The molecule has 1 N–H and O–H groups in total. The second kappa shape index (κ2) is 6.48. The van der Waals surface area contributed by atoms with Crippen LogP contribution in [0.3, 0.4) is 0 Å². The molecule has 0 saturated heterocycles. The van der Waals surface area contributed by atoms with Crippen molar-refractivity contribution >= 4 is 5.69 Å². The van der Waals surface area contributed by atoms with Gasteiger partial charge in [0.05, 0.1) is 5.69 Å². The van der Waals surface area contributed by atoms with E-state index in [9.17, 15) is 0 Å². The number of anilines is 1. The molecular formula is C13H23N3. The number of rotatable bonds is 6. The average Bonchev–Trinajstić information content (AvgIpc) is 2.29. The summed E-state index contributed by atoms with van der Waals surface area (Å²) in [4.78, 5) is 6.71. The Hall–Kier alpha value is -1.09. The number of pyridine rings is 1. The molecule has 0 unspecified atom stereocenters. The fraction of sp³-hybridized carbons (Fsp3) is 0.615. The van der Waals surface area contributed by atoms with Crippen LogP contribution >= 0.6 is 0 Å². The third-order valence-electron chi connectivity index (χ3n) is 2.62. The van der Waals surface area contributed by atoms with Crippen LogP contribution in [0.2, 0.25) is 0 Å². The Labute approximate surface area is 98.9 Å². The van der Waals surface area contributed by atoms with Crippen LogP contribution in [0.1, 0.15) is 33.4 Å². The first-order chi connectivity index (χ1) is 7.67. The van der Waals surface area contributed by atoms with Gasteiger partial charge in [-0.3, -0.25) is 4.98 Å². The van der Waals surface area contributed by atoms with E-state index in [1.165, 1.54) is 5.69 Å². The molecule has 1 heterocycles. The van der Waals surface area contributed by atoms with Gasteiger partial charge < -0.3 is 10.2 Å². The molecule has 1 rings (SSSR count). The Bertz CT molecular complexity index is 306. The maximum absolute atomic E-state index is 4.37. The average molecular weight is 221 g/mol. The first kappa shape index (κ1) is 13.0. The van der Waals surface area contributed by atoms with Gasteiger partial charge in [-0.15, -0.1) is 0 Å². The van der Waals surface area contributed by atoms with Gasteiger partial charge in [0.15, 0.2) is 0 Å². The Morgan fingerprint density at radius 2 is 2.00 bits per heavy atom. The molecule has 0 aliphatic carbocycles. The van der Waals surface area contributed by atoms with Crippen molar-refractivity contribution in [3.8, 4) is 0 Å². The summed E-state index contributed by atoms with van der Waals surface area (Å²) in [5.74, 6) is 0. The Kier molecular flexibility index (Phi) is 5.26. The summed E-state index contributed by atoms with van der Waals surface area (Å²) < 4.78 is 0. The fourth-order valence-corrected chi connectivity index (χ4v) is 1.66. The lowest BCUT2D eigenvalue weighted by molar-refractivity contribution is 0.581. The third kappa shape index (κ3) is 3.81. The second-order valence-corrected chi connectivity index (χ2v) is 4.21. The minimum absolute atomic E-state index is 0.499. The van der Waals surface area contributed by atoms with Gasteiger partial charge in [-0.05, 0) is 26.0 Å². The summed E-state index contributed by atoms with van der Waals surface area (Å²) in [6.07, 6.45) is 1.89. The fourth-order valence-electron chi connectivity index (χ4n) is 1.66. The molecule has 0 aliphatic rings. The molecule has 0 aliphatic heterocycles. The lowest BCUT2D eigenvalue weighted by Gasteiger charge is -2.21. The van der Waals surface area contributed by atoms with E-state index < -0.39 is 0 Å². The molecule has 0 fully saturated rings. The highest BCUT2D eigenvalue weighted by Gasteiger charge is 2.03. The highest BCUT2D eigenvalue weighted by molar-refractivity contribution is 5.46. The van der Waals surface area contributed by atoms with Crippen molar-refractivity contribution in [2.24, 2.45) is 0 Å². The number of nitrogens with one attached hydrogen (secondary N) is 1. The standard InChI is InChI=1S/C13H23N3/c1-5-16(6-2)13-7-8-14-12(9-13)10-15-11(3)4/h7-9,11,15H,5-6,10H2,1-4H3. The van der Waals surface area contributed by atoms with Gasteiger partial charge in [0.25, 0.3) is 0 Å². The van der Waals surface area contributed by atoms with Crippen molar-refractivity contribution in [2.45, 2.75) is 40.3 Å². The van der Waals surface area contributed by atoms with E-state index >= 15 is 0 Å². The van der Waals surface area contributed by atoms with Crippen LogP contribution in [0.15, 0.2) is 18.3 Å². The second-order valence-electron chi connectivity index (χ2n) is 4.21. The van der Waals surface area contributed by atoms with Gasteiger partial charge in [-0.25, -0.2) is 0 Å². The smallest absolute Gasteiger partial charge is 0.0562 e. The Balaban J connectivity index is 2.70. The molecule has 3 nitrogen and oxygen atoms in total. The number of hydrogen-bond donors (Lipinski definition) is 1. The molecule has 0 bridgehead atoms. The molecule has 0 atom stereocenters. The summed E-state index contributed by atoms with van der Waals surface area (Å²) in [7, 11) is 0. The molecular weight excluding hydrogens is 198 g/mol. The van der Waals surface area contributed by atoms with Gasteiger partial charge >= 0.3 is 0 Å². The highest BCUT2D eigenvalue weighted by Crippen LogP contribution is 2.13. The minimum atomic E-state index is 0.499. The number of aromatic nitrogens is 1. The van der Waals surface area contributed by atoms with E-state index in [1.54, 1.807) is 0 Å². The van der Waals surface area contributed by atoms with Crippen molar-refractivity contribution < 1.29 is 0 Å². The zero-order valence-electron chi connectivity index (χ0n) is 10.8. The van der Waals surface area contributed by atoms with E-state index in [-0.39, 0.29) is 0 Å². The SMILES string of the molecule is CCN(CC)c1ccnc(CNC(C)C)c1. The van der Waals surface area contributed by atoms with Gasteiger partial charge in [0.2, 0.25) is 0 Å². The molecule has 90 valence electrons. The van der Waals surface area contributed by atoms with Gasteiger partial charge in [0.1, 0.15) is 0 Å². The maximum atomic E-state index is 4.37. The first-order valence-corrected chi connectivity index (χ1v) is 6.10.